The van der Waals surface area contributed by atoms with Crippen LogP contribution in [-0.2, 0) is 16.1 Å². The fourth-order valence-corrected chi connectivity index (χ4v) is 2.56. The zero-order chi connectivity index (χ0) is 15.4. The van der Waals surface area contributed by atoms with Crippen LogP contribution in [0.4, 0.5) is 0 Å². The Morgan fingerprint density at radius 1 is 1.05 bits per heavy atom. The lowest BCUT2D eigenvalue weighted by atomic mass is 9.98. The first kappa shape index (κ1) is 15.0. The summed E-state index contributed by atoms with van der Waals surface area (Å²) < 4.78 is 21.4. The highest BCUT2D eigenvalue weighted by Crippen LogP contribution is 2.44. The van der Waals surface area contributed by atoms with Crippen molar-refractivity contribution in [3.8, 4) is 17.2 Å². The third-order valence-electron chi connectivity index (χ3n) is 3.49. The SMILES string of the molecule is COc1c(C)c(COC=O)c(OC)c2c(OC)cccc12. The molecule has 2 rings (SSSR count). The molecule has 0 bridgehead atoms. The number of benzene rings is 2. The van der Waals surface area contributed by atoms with E-state index in [9.17, 15) is 4.79 Å². The summed E-state index contributed by atoms with van der Waals surface area (Å²) in [4.78, 5) is 10.5. The second kappa shape index (κ2) is 6.35. The molecule has 0 aliphatic rings. The summed E-state index contributed by atoms with van der Waals surface area (Å²) in [5.41, 5.74) is 1.63. The molecule has 0 spiro atoms. The van der Waals surface area contributed by atoms with Gasteiger partial charge in [-0.15, -0.1) is 0 Å². The second-order valence-corrected chi connectivity index (χ2v) is 4.46. The summed E-state index contributed by atoms with van der Waals surface area (Å²) in [6, 6.07) is 5.69. The van der Waals surface area contributed by atoms with Crippen molar-refractivity contribution in [3.63, 3.8) is 0 Å². The van der Waals surface area contributed by atoms with Crippen molar-refractivity contribution in [1.29, 1.82) is 0 Å². The summed E-state index contributed by atoms with van der Waals surface area (Å²) in [5.74, 6) is 2.02. The van der Waals surface area contributed by atoms with E-state index in [1.165, 1.54) is 0 Å². The van der Waals surface area contributed by atoms with Crippen molar-refractivity contribution >= 4 is 17.2 Å². The van der Waals surface area contributed by atoms with E-state index in [1.807, 2.05) is 25.1 Å². The summed E-state index contributed by atoms with van der Waals surface area (Å²) in [6.45, 7) is 2.43. The summed E-state index contributed by atoms with van der Waals surface area (Å²) >= 11 is 0. The highest BCUT2D eigenvalue weighted by atomic mass is 16.5. The van der Waals surface area contributed by atoms with Crippen LogP contribution in [0.25, 0.3) is 10.8 Å². The van der Waals surface area contributed by atoms with E-state index in [2.05, 4.69) is 0 Å². The Labute approximate surface area is 123 Å². The fourth-order valence-electron chi connectivity index (χ4n) is 2.56. The lowest BCUT2D eigenvalue weighted by Crippen LogP contribution is -2.03. The molecule has 0 saturated carbocycles. The van der Waals surface area contributed by atoms with Crippen molar-refractivity contribution < 1.29 is 23.7 Å². The number of carbonyl (C=O) groups is 1. The van der Waals surface area contributed by atoms with Crippen LogP contribution in [0.1, 0.15) is 11.1 Å². The van der Waals surface area contributed by atoms with Crippen molar-refractivity contribution in [2.24, 2.45) is 0 Å². The van der Waals surface area contributed by atoms with Gasteiger partial charge in [0.25, 0.3) is 6.47 Å². The van der Waals surface area contributed by atoms with Gasteiger partial charge in [-0.3, -0.25) is 4.79 Å². The molecular formula is C16H18O5. The molecule has 0 radical (unpaired) electrons. The number of rotatable bonds is 6. The summed E-state index contributed by atoms with van der Waals surface area (Å²) in [5, 5.41) is 1.69. The predicted molar refractivity (Wildman–Crippen MR) is 79.2 cm³/mol. The van der Waals surface area contributed by atoms with E-state index in [0.717, 1.165) is 21.9 Å². The number of methoxy groups -OCH3 is 3. The molecule has 0 aromatic heterocycles. The molecule has 2 aromatic rings. The van der Waals surface area contributed by atoms with Crippen LogP contribution in [-0.4, -0.2) is 27.8 Å². The Bertz CT molecular complexity index is 664. The van der Waals surface area contributed by atoms with Crippen molar-refractivity contribution in [2.75, 3.05) is 21.3 Å². The van der Waals surface area contributed by atoms with Crippen molar-refractivity contribution in [1.82, 2.24) is 0 Å². The Morgan fingerprint density at radius 2 is 1.76 bits per heavy atom. The Balaban J connectivity index is 2.88. The third-order valence-corrected chi connectivity index (χ3v) is 3.49. The molecule has 0 saturated heterocycles. The maximum atomic E-state index is 10.5. The number of hydrogen-bond donors (Lipinski definition) is 0. The van der Waals surface area contributed by atoms with Gasteiger partial charge in [-0.1, -0.05) is 12.1 Å². The minimum atomic E-state index is 0.114. The van der Waals surface area contributed by atoms with Gasteiger partial charge < -0.3 is 18.9 Å². The Kier molecular flexibility index (Phi) is 4.52. The first-order valence-corrected chi connectivity index (χ1v) is 6.44. The van der Waals surface area contributed by atoms with Gasteiger partial charge in [0, 0.05) is 16.5 Å². The second-order valence-electron chi connectivity index (χ2n) is 4.46. The van der Waals surface area contributed by atoms with E-state index in [1.54, 1.807) is 21.3 Å². The van der Waals surface area contributed by atoms with E-state index < -0.39 is 0 Å². The average molecular weight is 290 g/mol. The van der Waals surface area contributed by atoms with Gasteiger partial charge in [0.05, 0.1) is 26.7 Å². The lowest BCUT2D eigenvalue weighted by molar-refractivity contribution is -0.129. The van der Waals surface area contributed by atoms with Crippen LogP contribution in [0.5, 0.6) is 17.2 Å². The maximum absolute atomic E-state index is 10.5. The molecular weight excluding hydrogens is 272 g/mol. The molecule has 0 aliphatic heterocycles. The van der Waals surface area contributed by atoms with Gasteiger partial charge in [-0.05, 0) is 13.0 Å². The number of ether oxygens (including phenoxy) is 4. The smallest absolute Gasteiger partial charge is 0.293 e. The van der Waals surface area contributed by atoms with Gasteiger partial charge in [0.15, 0.2) is 0 Å². The van der Waals surface area contributed by atoms with Gasteiger partial charge in [0.1, 0.15) is 23.9 Å². The molecule has 2 aromatic carbocycles. The number of hydrogen-bond acceptors (Lipinski definition) is 5. The minimum absolute atomic E-state index is 0.114. The molecule has 5 nitrogen and oxygen atoms in total. The van der Waals surface area contributed by atoms with Gasteiger partial charge in [0.2, 0.25) is 0 Å². The summed E-state index contributed by atoms with van der Waals surface area (Å²) in [6.07, 6.45) is 0. The van der Waals surface area contributed by atoms with Crippen LogP contribution in [0.3, 0.4) is 0 Å². The van der Waals surface area contributed by atoms with Crippen LogP contribution in [0.2, 0.25) is 0 Å². The van der Waals surface area contributed by atoms with Gasteiger partial charge in [-0.25, -0.2) is 0 Å². The molecule has 0 aliphatic carbocycles. The zero-order valence-corrected chi connectivity index (χ0v) is 12.6. The highest BCUT2D eigenvalue weighted by molar-refractivity contribution is 6.00. The van der Waals surface area contributed by atoms with Crippen LogP contribution >= 0.6 is 0 Å². The molecule has 0 fully saturated rings. The molecule has 5 heteroatoms. The largest absolute Gasteiger partial charge is 0.496 e. The van der Waals surface area contributed by atoms with Crippen molar-refractivity contribution in [3.05, 3.63) is 29.3 Å². The highest BCUT2D eigenvalue weighted by Gasteiger charge is 2.21. The summed E-state index contributed by atoms with van der Waals surface area (Å²) in [7, 11) is 4.79. The molecule has 21 heavy (non-hydrogen) atoms. The van der Waals surface area contributed by atoms with Gasteiger partial charge in [-0.2, -0.15) is 0 Å². The normalized spacial score (nSPS) is 10.3. The lowest BCUT2D eigenvalue weighted by Gasteiger charge is -2.19. The molecule has 0 unspecified atom stereocenters. The number of carbonyl (C=O) groups excluding carboxylic acids is 1. The van der Waals surface area contributed by atoms with Crippen LogP contribution in [0.15, 0.2) is 18.2 Å². The molecule has 0 atom stereocenters. The quantitative estimate of drug-likeness (QED) is 0.766. The third kappa shape index (κ3) is 2.46. The van der Waals surface area contributed by atoms with Crippen LogP contribution in [0, 0.1) is 6.92 Å². The van der Waals surface area contributed by atoms with E-state index in [0.29, 0.717) is 23.7 Å². The van der Waals surface area contributed by atoms with Gasteiger partial charge >= 0.3 is 0 Å². The molecule has 0 N–H and O–H groups in total. The predicted octanol–water partition coefficient (Wildman–Crippen LogP) is 2.85. The van der Waals surface area contributed by atoms with E-state index in [4.69, 9.17) is 18.9 Å². The van der Waals surface area contributed by atoms with Crippen LogP contribution < -0.4 is 14.2 Å². The average Bonchev–Trinajstić information content (AvgIpc) is 2.52. The monoisotopic (exact) mass is 290 g/mol. The fraction of sp³-hybridized carbons (Fsp3) is 0.312. The van der Waals surface area contributed by atoms with Crippen molar-refractivity contribution in [2.45, 2.75) is 13.5 Å². The minimum Gasteiger partial charge on any atom is -0.496 e. The first-order valence-electron chi connectivity index (χ1n) is 6.44. The maximum Gasteiger partial charge on any atom is 0.293 e. The zero-order valence-electron chi connectivity index (χ0n) is 12.6. The Hall–Kier alpha value is -2.43. The van der Waals surface area contributed by atoms with E-state index >= 15 is 0 Å². The topological polar surface area (TPSA) is 54.0 Å². The van der Waals surface area contributed by atoms with E-state index in [-0.39, 0.29) is 6.61 Å². The Morgan fingerprint density at radius 3 is 2.33 bits per heavy atom. The molecule has 112 valence electrons. The molecule has 0 amide bonds. The molecule has 0 heterocycles. The number of fused-ring (bicyclic) bond motifs is 1. The first-order chi connectivity index (χ1) is 10.2. The standard InChI is InChI=1S/C16H18O5/c1-10-12(8-21-9-17)16(20-4)14-11(15(10)19-3)6-5-7-13(14)18-2/h5-7,9H,8H2,1-4H3.